The van der Waals surface area contributed by atoms with Gasteiger partial charge in [0.1, 0.15) is 5.60 Å². The van der Waals surface area contributed by atoms with Gasteiger partial charge in [-0.25, -0.2) is 4.79 Å². The van der Waals surface area contributed by atoms with Gasteiger partial charge in [-0.2, -0.15) is 0 Å². The van der Waals surface area contributed by atoms with Crippen LogP contribution in [0.1, 0.15) is 58.4 Å². The van der Waals surface area contributed by atoms with Crippen LogP contribution in [0.5, 0.6) is 0 Å². The van der Waals surface area contributed by atoms with Crippen LogP contribution in [0, 0.1) is 5.92 Å². The zero-order valence-corrected chi connectivity index (χ0v) is 17.2. The lowest BCUT2D eigenvalue weighted by Gasteiger charge is -2.27. The molecule has 0 aromatic heterocycles. The lowest BCUT2D eigenvalue weighted by Crippen LogP contribution is -2.53. The Morgan fingerprint density at radius 2 is 1.79 bits per heavy atom. The van der Waals surface area contributed by atoms with Gasteiger partial charge in [0.2, 0.25) is 0 Å². The number of hydrogen-bond acceptors (Lipinski definition) is 4. The van der Waals surface area contributed by atoms with Gasteiger partial charge >= 0.3 is 6.09 Å². The number of aliphatic hydroxyl groups is 1. The first kappa shape index (κ1) is 22.2. The van der Waals surface area contributed by atoms with Gasteiger partial charge in [-0.15, -0.1) is 0 Å². The van der Waals surface area contributed by atoms with Crippen LogP contribution in [-0.2, 0) is 16.0 Å². The number of amides is 2. The average molecular weight is 391 g/mol. The van der Waals surface area contributed by atoms with Crippen LogP contribution in [0.25, 0.3) is 0 Å². The molecule has 0 spiro atoms. The zero-order valence-electron chi connectivity index (χ0n) is 17.2. The van der Waals surface area contributed by atoms with Gasteiger partial charge in [0.25, 0.3) is 5.91 Å². The third-order valence-electron chi connectivity index (χ3n) is 4.94. The van der Waals surface area contributed by atoms with Gasteiger partial charge in [0.15, 0.2) is 6.10 Å². The molecule has 2 atom stereocenters. The Morgan fingerprint density at radius 3 is 2.39 bits per heavy atom. The van der Waals surface area contributed by atoms with Crippen molar-refractivity contribution in [3.63, 3.8) is 0 Å². The van der Waals surface area contributed by atoms with Crippen molar-refractivity contribution in [3.8, 4) is 0 Å². The average Bonchev–Trinajstić information content (AvgIpc) is 2.65. The molecule has 0 saturated heterocycles. The first-order chi connectivity index (χ1) is 13.2. The third kappa shape index (κ3) is 7.89. The van der Waals surface area contributed by atoms with E-state index in [4.69, 9.17) is 4.74 Å². The number of hydrogen-bond donors (Lipinski definition) is 3. The van der Waals surface area contributed by atoms with Gasteiger partial charge in [-0.1, -0.05) is 49.6 Å². The molecule has 2 amide bonds. The summed E-state index contributed by atoms with van der Waals surface area (Å²) >= 11 is 0. The van der Waals surface area contributed by atoms with E-state index in [2.05, 4.69) is 10.6 Å². The molecule has 0 aliphatic heterocycles. The highest BCUT2D eigenvalue weighted by Gasteiger charge is 2.30. The molecule has 0 radical (unpaired) electrons. The summed E-state index contributed by atoms with van der Waals surface area (Å²) in [4.78, 5) is 24.7. The van der Waals surface area contributed by atoms with Crippen molar-refractivity contribution in [2.75, 3.05) is 6.54 Å². The summed E-state index contributed by atoms with van der Waals surface area (Å²) in [5, 5.41) is 16.2. The second-order valence-electron chi connectivity index (χ2n) is 8.64. The second kappa shape index (κ2) is 10.5. The largest absolute Gasteiger partial charge is 0.444 e. The SMILES string of the molecule is CC(C)(C)OC(=O)N[C@@H](Cc1ccccc1)C(O)C(=O)NCC1CCCCC1. The molecule has 156 valence electrons. The Balaban J connectivity index is 1.98. The van der Waals surface area contributed by atoms with E-state index in [0.717, 1.165) is 18.4 Å². The summed E-state index contributed by atoms with van der Waals surface area (Å²) in [5.74, 6) is 0.0128. The van der Waals surface area contributed by atoms with Crippen molar-refractivity contribution in [2.45, 2.75) is 77.0 Å². The fourth-order valence-electron chi connectivity index (χ4n) is 3.49. The predicted octanol–water partition coefficient (Wildman–Crippen LogP) is 3.18. The molecule has 6 nitrogen and oxygen atoms in total. The Morgan fingerprint density at radius 1 is 1.14 bits per heavy atom. The fraction of sp³-hybridized carbons (Fsp3) is 0.636. The Hall–Kier alpha value is -2.08. The van der Waals surface area contributed by atoms with Crippen LogP contribution in [0.3, 0.4) is 0 Å². The van der Waals surface area contributed by atoms with Gasteiger partial charge in [0.05, 0.1) is 6.04 Å². The molecule has 2 rings (SSSR count). The molecule has 1 aliphatic rings. The summed E-state index contributed by atoms with van der Waals surface area (Å²) in [6.07, 6.45) is 4.20. The van der Waals surface area contributed by atoms with Crippen LogP contribution in [0.15, 0.2) is 30.3 Å². The number of aliphatic hydroxyl groups excluding tert-OH is 1. The quantitative estimate of drug-likeness (QED) is 0.667. The van der Waals surface area contributed by atoms with Crippen LogP contribution in [0.2, 0.25) is 0 Å². The van der Waals surface area contributed by atoms with Gasteiger partial charge in [-0.3, -0.25) is 4.79 Å². The fourth-order valence-corrected chi connectivity index (χ4v) is 3.49. The number of nitrogens with one attached hydrogen (secondary N) is 2. The Bertz CT molecular complexity index is 621. The zero-order chi connectivity index (χ0) is 20.6. The molecule has 1 saturated carbocycles. The van der Waals surface area contributed by atoms with Crippen molar-refractivity contribution < 1.29 is 19.4 Å². The number of carbonyl (C=O) groups excluding carboxylic acids is 2. The first-order valence-corrected chi connectivity index (χ1v) is 10.2. The summed E-state index contributed by atoms with van der Waals surface area (Å²) in [5.41, 5.74) is 0.262. The highest BCUT2D eigenvalue weighted by Crippen LogP contribution is 2.22. The molecule has 1 aromatic rings. The van der Waals surface area contributed by atoms with Crippen molar-refractivity contribution in [2.24, 2.45) is 5.92 Å². The van der Waals surface area contributed by atoms with E-state index in [1.807, 2.05) is 30.3 Å². The van der Waals surface area contributed by atoms with Gasteiger partial charge < -0.3 is 20.5 Å². The lowest BCUT2D eigenvalue weighted by molar-refractivity contribution is -0.130. The van der Waals surface area contributed by atoms with E-state index in [0.29, 0.717) is 18.9 Å². The molecule has 1 aromatic carbocycles. The second-order valence-corrected chi connectivity index (χ2v) is 8.64. The molecule has 28 heavy (non-hydrogen) atoms. The molecular weight excluding hydrogens is 356 g/mol. The van der Waals surface area contributed by atoms with Crippen LogP contribution in [0.4, 0.5) is 4.79 Å². The van der Waals surface area contributed by atoms with Crippen LogP contribution in [-0.4, -0.2) is 41.4 Å². The molecule has 1 aliphatic carbocycles. The topological polar surface area (TPSA) is 87.7 Å². The number of alkyl carbamates (subject to hydrolysis) is 1. The normalized spacial score (nSPS) is 17.4. The van der Waals surface area contributed by atoms with Crippen LogP contribution < -0.4 is 10.6 Å². The number of rotatable bonds is 7. The molecule has 3 N–H and O–H groups in total. The van der Waals surface area contributed by atoms with Crippen molar-refractivity contribution in [3.05, 3.63) is 35.9 Å². The monoisotopic (exact) mass is 390 g/mol. The minimum absolute atomic E-state index is 0.331. The van der Waals surface area contributed by atoms with E-state index >= 15 is 0 Å². The lowest BCUT2D eigenvalue weighted by atomic mass is 9.89. The molecule has 1 fully saturated rings. The summed E-state index contributed by atoms with van der Waals surface area (Å²) in [7, 11) is 0. The number of benzene rings is 1. The standard InChI is InChI=1S/C22H34N2O4/c1-22(2,3)28-21(27)24-18(14-16-10-6-4-7-11-16)19(25)20(26)23-15-17-12-8-5-9-13-17/h4,6-7,10-11,17-19,25H,5,8-9,12-15H2,1-3H3,(H,23,26)(H,24,27)/t18-,19?/m0/s1. The maximum Gasteiger partial charge on any atom is 0.407 e. The van der Waals surface area contributed by atoms with Crippen LogP contribution >= 0.6 is 0 Å². The minimum atomic E-state index is -1.35. The van der Waals surface area contributed by atoms with E-state index in [1.54, 1.807) is 20.8 Å². The van der Waals surface area contributed by atoms with E-state index in [1.165, 1.54) is 19.3 Å². The molecular formula is C22H34N2O4. The summed E-state index contributed by atoms with van der Waals surface area (Å²) in [6, 6.07) is 8.69. The first-order valence-electron chi connectivity index (χ1n) is 10.2. The van der Waals surface area contributed by atoms with E-state index in [-0.39, 0.29) is 0 Å². The predicted molar refractivity (Wildman–Crippen MR) is 109 cm³/mol. The Labute approximate surface area is 168 Å². The molecule has 0 bridgehead atoms. The van der Waals surface area contributed by atoms with Crippen molar-refractivity contribution >= 4 is 12.0 Å². The minimum Gasteiger partial charge on any atom is -0.444 e. The maximum atomic E-state index is 12.5. The Kier molecular flexibility index (Phi) is 8.30. The van der Waals surface area contributed by atoms with Gasteiger partial charge in [0, 0.05) is 6.54 Å². The highest BCUT2D eigenvalue weighted by atomic mass is 16.6. The highest BCUT2D eigenvalue weighted by molar-refractivity contribution is 5.82. The van der Waals surface area contributed by atoms with E-state index in [9.17, 15) is 14.7 Å². The number of carbonyl (C=O) groups is 2. The van der Waals surface area contributed by atoms with Crippen molar-refractivity contribution in [1.82, 2.24) is 10.6 Å². The summed E-state index contributed by atoms with van der Waals surface area (Å²) < 4.78 is 5.30. The third-order valence-corrected chi connectivity index (χ3v) is 4.94. The molecule has 1 unspecified atom stereocenters. The van der Waals surface area contributed by atoms with Crippen molar-refractivity contribution in [1.29, 1.82) is 0 Å². The molecule has 0 heterocycles. The van der Waals surface area contributed by atoms with Gasteiger partial charge in [-0.05, 0) is 51.5 Å². The summed E-state index contributed by atoms with van der Waals surface area (Å²) in [6.45, 7) is 5.88. The maximum absolute atomic E-state index is 12.5. The molecule has 6 heteroatoms. The smallest absolute Gasteiger partial charge is 0.407 e. The van der Waals surface area contributed by atoms with E-state index < -0.39 is 29.7 Å². The number of ether oxygens (including phenoxy) is 1.